The molecule has 0 aliphatic carbocycles. The lowest BCUT2D eigenvalue weighted by molar-refractivity contribution is -0.116. The molecule has 2 heterocycles. The average Bonchev–Trinajstić information content (AvgIpc) is 2.99. The molecule has 160 valence electrons. The molecule has 0 bridgehead atoms. The third-order valence-corrected chi connectivity index (χ3v) is 5.92. The molecular formula is C23H32N6O. The molecule has 3 rings (SSSR count). The number of rotatable bonds is 7. The predicted molar refractivity (Wildman–Crippen MR) is 120 cm³/mol. The van der Waals surface area contributed by atoms with Gasteiger partial charge in [-0.25, -0.2) is 0 Å². The maximum absolute atomic E-state index is 12.6. The number of benzene rings is 1. The number of carbonyl (C=O) groups excluding carboxylic acids is 1. The van der Waals surface area contributed by atoms with Gasteiger partial charge >= 0.3 is 0 Å². The van der Waals surface area contributed by atoms with E-state index in [2.05, 4.69) is 45.5 Å². The highest BCUT2D eigenvalue weighted by Gasteiger charge is 2.16. The second-order valence-electron chi connectivity index (χ2n) is 8.12. The van der Waals surface area contributed by atoms with E-state index in [0.717, 1.165) is 54.4 Å². The van der Waals surface area contributed by atoms with Crippen LogP contribution in [0.4, 0.5) is 11.4 Å². The van der Waals surface area contributed by atoms with E-state index in [-0.39, 0.29) is 5.91 Å². The van der Waals surface area contributed by atoms with E-state index in [9.17, 15) is 4.79 Å². The molecule has 1 fully saturated rings. The van der Waals surface area contributed by atoms with Gasteiger partial charge in [0.1, 0.15) is 0 Å². The fourth-order valence-corrected chi connectivity index (χ4v) is 3.97. The second-order valence-corrected chi connectivity index (χ2v) is 8.12. The molecule has 7 heteroatoms. The number of anilines is 2. The second kappa shape index (κ2) is 9.77. The predicted octanol–water partition coefficient (Wildman–Crippen LogP) is 3.05. The largest absolute Gasteiger partial charge is 0.369 e. The number of carbonyl (C=O) groups is 1. The zero-order valence-electron chi connectivity index (χ0n) is 18.5. The zero-order chi connectivity index (χ0) is 21.7. The van der Waals surface area contributed by atoms with Crippen molar-refractivity contribution < 1.29 is 4.79 Å². The van der Waals surface area contributed by atoms with E-state index >= 15 is 0 Å². The first kappa shape index (κ1) is 21.8. The van der Waals surface area contributed by atoms with Crippen LogP contribution in [0.5, 0.6) is 0 Å². The first-order valence-electron chi connectivity index (χ1n) is 10.6. The molecule has 2 aromatic rings. The molecule has 1 aliphatic rings. The number of aromatic nitrogens is 2. The third-order valence-electron chi connectivity index (χ3n) is 5.92. The van der Waals surface area contributed by atoms with E-state index in [1.165, 1.54) is 5.69 Å². The van der Waals surface area contributed by atoms with Gasteiger partial charge in [-0.1, -0.05) is 0 Å². The molecule has 1 saturated heterocycles. The molecule has 0 unspecified atom stereocenters. The van der Waals surface area contributed by atoms with Gasteiger partial charge in [0, 0.05) is 49.7 Å². The van der Waals surface area contributed by atoms with Gasteiger partial charge in [0.05, 0.1) is 24.7 Å². The molecule has 0 radical (unpaired) electrons. The van der Waals surface area contributed by atoms with Crippen LogP contribution in [0.15, 0.2) is 18.2 Å². The summed E-state index contributed by atoms with van der Waals surface area (Å²) < 4.78 is 1.87. The van der Waals surface area contributed by atoms with Crippen LogP contribution in [0, 0.1) is 32.1 Å². The van der Waals surface area contributed by atoms with Crippen molar-refractivity contribution in [1.29, 1.82) is 5.26 Å². The van der Waals surface area contributed by atoms with E-state index in [1.54, 1.807) is 0 Å². The molecule has 1 aromatic carbocycles. The minimum atomic E-state index is 0.00835. The summed E-state index contributed by atoms with van der Waals surface area (Å²) in [6.45, 7) is 10.8. The molecule has 1 aromatic heterocycles. The van der Waals surface area contributed by atoms with Crippen molar-refractivity contribution in [2.45, 2.75) is 46.6 Å². The lowest BCUT2D eigenvalue weighted by Gasteiger charge is -2.34. The SMILES string of the molecule is Cc1cc(N2CCN(C)CC2)ccc1NC(=O)CCc1c(C)nn(CCC#N)c1C. The average molecular weight is 409 g/mol. The Kier molecular flexibility index (Phi) is 7.11. The molecule has 30 heavy (non-hydrogen) atoms. The Morgan fingerprint density at radius 3 is 2.60 bits per heavy atom. The van der Waals surface area contributed by atoms with E-state index in [4.69, 9.17) is 5.26 Å². The molecule has 1 N–H and O–H groups in total. The van der Waals surface area contributed by atoms with Crippen LogP contribution in [-0.2, 0) is 17.8 Å². The van der Waals surface area contributed by atoms with Gasteiger partial charge in [0.15, 0.2) is 0 Å². The fourth-order valence-electron chi connectivity index (χ4n) is 3.97. The normalized spacial score (nSPS) is 14.6. The number of amides is 1. The maximum Gasteiger partial charge on any atom is 0.224 e. The number of aryl methyl sites for hydroxylation is 3. The smallest absolute Gasteiger partial charge is 0.224 e. The van der Waals surface area contributed by atoms with Gasteiger partial charge in [-0.05, 0) is 63.6 Å². The molecule has 0 spiro atoms. The number of nitriles is 1. The summed E-state index contributed by atoms with van der Waals surface area (Å²) >= 11 is 0. The number of likely N-dealkylation sites (N-methyl/N-ethyl adjacent to an activating group) is 1. The summed E-state index contributed by atoms with van der Waals surface area (Å²) in [5.41, 5.74) is 6.25. The monoisotopic (exact) mass is 408 g/mol. The molecule has 0 saturated carbocycles. The van der Waals surface area contributed by atoms with Crippen LogP contribution in [0.2, 0.25) is 0 Å². The number of hydrogen-bond acceptors (Lipinski definition) is 5. The Hall–Kier alpha value is -2.85. The van der Waals surface area contributed by atoms with E-state index in [1.807, 2.05) is 31.5 Å². The van der Waals surface area contributed by atoms with Crippen LogP contribution >= 0.6 is 0 Å². The number of piperazine rings is 1. The van der Waals surface area contributed by atoms with E-state index in [0.29, 0.717) is 25.8 Å². The van der Waals surface area contributed by atoms with Crippen molar-refractivity contribution >= 4 is 17.3 Å². The minimum Gasteiger partial charge on any atom is -0.369 e. The highest BCUT2D eigenvalue weighted by Crippen LogP contribution is 2.24. The van der Waals surface area contributed by atoms with Crippen molar-refractivity contribution in [3.8, 4) is 6.07 Å². The van der Waals surface area contributed by atoms with Gasteiger partial charge in [-0.2, -0.15) is 10.4 Å². The Morgan fingerprint density at radius 1 is 1.20 bits per heavy atom. The van der Waals surface area contributed by atoms with Gasteiger partial charge < -0.3 is 15.1 Å². The van der Waals surface area contributed by atoms with Crippen molar-refractivity contribution in [3.63, 3.8) is 0 Å². The Bertz CT molecular complexity index is 934. The van der Waals surface area contributed by atoms with Crippen LogP contribution in [0.25, 0.3) is 0 Å². The van der Waals surface area contributed by atoms with Crippen LogP contribution in [0.1, 0.15) is 35.4 Å². The van der Waals surface area contributed by atoms with Gasteiger partial charge in [-0.3, -0.25) is 9.48 Å². The van der Waals surface area contributed by atoms with Crippen LogP contribution in [0.3, 0.4) is 0 Å². The summed E-state index contributed by atoms with van der Waals surface area (Å²) in [6, 6.07) is 8.42. The zero-order valence-corrected chi connectivity index (χ0v) is 18.5. The van der Waals surface area contributed by atoms with Crippen LogP contribution < -0.4 is 10.2 Å². The minimum absolute atomic E-state index is 0.00835. The highest BCUT2D eigenvalue weighted by molar-refractivity contribution is 5.92. The first-order valence-corrected chi connectivity index (χ1v) is 10.6. The molecule has 1 amide bonds. The summed E-state index contributed by atoms with van der Waals surface area (Å²) in [6.07, 6.45) is 1.49. The number of nitrogens with zero attached hydrogens (tertiary/aromatic N) is 5. The van der Waals surface area contributed by atoms with Gasteiger partial charge in [0.25, 0.3) is 0 Å². The van der Waals surface area contributed by atoms with Crippen LogP contribution in [-0.4, -0.2) is 53.8 Å². The Morgan fingerprint density at radius 2 is 1.93 bits per heavy atom. The third kappa shape index (κ3) is 5.19. The van der Waals surface area contributed by atoms with Crippen molar-refractivity contribution in [2.75, 3.05) is 43.4 Å². The number of hydrogen-bond donors (Lipinski definition) is 1. The van der Waals surface area contributed by atoms with Gasteiger partial charge in [-0.15, -0.1) is 0 Å². The molecule has 7 nitrogen and oxygen atoms in total. The van der Waals surface area contributed by atoms with Gasteiger partial charge in [0.2, 0.25) is 5.91 Å². The lowest BCUT2D eigenvalue weighted by Crippen LogP contribution is -2.44. The van der Waals surface area contributed by atoms with Crippen molar-refractivity contribution in [1.82, 2.24) is 14.7 Å². The fraction of sp³-hybridized carbons (Fsp3) is 0.522. The summed E-state index contributed by atoms with van der Waals surface area (Å²) in [5, 5.41) is 16.4. The summed E-state index contributed by atoms with van der Waals surface area (Å²) in [4.78, 5) is 17.3. The summed E-state index contributed by atoms with van der Waals surface area (Å²) in [5.74, 6) is 0.00835. The lowest BCUT2D eigenvalue weighted by atomic mass is 10.1. The Balaban J connectivity index is 1.58. The summed E-state index contributed by atoms with van der Waals surface area (Å²) in [7, 11) is 2.15. The quantitative estimate of drug-likeness (QED) is 0.762. The van der Waals surface area contributed by atoms with Crippen molar-refractivity contribution in [3.05, 3.63) is 40.7 Å². The first-order chi connectivity index (χ1) is 14.4. The topological polar surface area (TPSA) is 77.2 Å². The Labute approximate surface area is 179 Å². The molecular weight excluding hydrogens is 376 g/mol. The standard InChI is InChI=1S/C23H32N6O/c1-17-16-20(28-14-12-27(4)13-15-28)6-8-22(17)25-23(30)9-7-21-18(2)26-29(19(21)3)11-5-10-24/h6,8,16H,5,7,9,11-15H2,1-4H3,(H,25,30). The highest BCUT2D eigenvalue weighted by atomic mass is 16.1. The van der Waals surface area contributed by atoms with E-state index < -0.39 is 0 Å². The van der Waals surface area contributed by atoms with Crippen molar-refractivity contribution in [2.24, 2.45) is 0 Å². The number of nitrogens with one attached hydrogen (secondary N) is 1. The molecule has 0 atom stereocenters. The maximum atomic E-state index is 12.6. The molecule has 1 aliphatic heterocycles.